The number of benzene rings is 1. The molecule has 17 heavy (non-hydrogen) atoms. The van der Waals surface area contributed by atoms with Gasteiger partial charge in [0.25, 0.3) is 0 Å². The molecule has 0 atom stereocenters. The molecule has 0 unspecified atom stereocenters. The summed E-state index contributed by atoms with van der Waals surface area (Å²) in [6.45, 7) is 0.535. The monoisotopic (exact) mass is 220 g/mol. The standard InChI is InChI=1S/C14H10N3/c15-9-12-5-4-6-13(10-16)14(12)11-17-7-2-1-3-8-17/h1-8H,11H2/q+1. The van der Waals surface area contributed by atoms with Gasteiger partial charge in [0, 0.05) is 12.1 Å². The van der Waals surface area contributed by atoms with Crippen molar-refractivity contribution in [1.82, 2.24) is 0 Å². The molecule has 0 N–H and O–H groups in total. The first-order valence-corrected chi connectivity index (χ1v) is 5.21. The Balaban J connectivity index is 2.46. The van der Waals surface area contributed by atoms with Crippen LogP contribution in [0.15, 0.2) is 48.8 Å². The minimum Gasteiger partial charge on any atom is -0.201 e. The average Bonchev–Trinajstić information content (AvgIpc) is 2.40. The molecular formula is C14H10N3+. The van der Waals surface area contributed by atoms with Crippen molar-refractivity contribution in [3.05, 3.63) is 65.5 Å². The summed E-state index contributed by atoms with van der Waals surface area (Å²) in [7, 11) is 0. The molecule has 0 aliphatic heterocycles. The first-order chi connectivity index (χ1) is 8.35. The zero-order chi connectivity index (χ0) is 12.1. The topological polar surface area (TPSA) is 51.5 Å². The highest BCUT2D eigenvalue weighted by Gasteiger charge is 2.12. The van der Waals surface area contributed by atoms with Crippen molar-refractivity contribution < 1.29 is 4.57 Å². The summed E-state index contributed by atoms with van der Waals surface area (Å²) in [6.07, 6.45) is 3.82. The second kappa shape index (κ2) is 4.92. The molecule has 0 aliphatic carbocycles. The van der Waals surface area contributed by atoms with Gasteiger partial charge in [-0.1, -0.05) is 12.1 Å². The van der Waals surface area contributed by atoms with Gasteiger partial charge in [-0.25, -0.2) is 4.57 Å². The fourth-order valence-corrected chi connectivity index (χ4v) is 1.69. The van der Waals surface area contributed by atoms with Crippen molar-refractivity contribution in [1.29, 1.82) is 10.5 Å². The summed E-state index contributed by atoms with van der Waals surface area (Å²) in [5.41, 5.74) is 1.88. The van der Waals surface area contributed by atoms with Gasteiger partial charge in [0.1, 0.15) is 0 Å². The van der Waals surface area contributed by atoms with Crippen LogP contribution in [0.4, 0.5) is 0 Å². The van der Waals surface area contributed by atoms with E-state index in [1.807, 2.05) is 35.2 Å². The Labute approximate surface area is 99.8 Å². The molecule has 0 radical (unpaired) electrons. The molecule has 0 bridgehead atoms. The van der Waals surface area contributed by atoms with Gasteiger partial charge in [0.2, 0.25) is 0 Å². The molecular weight excluding hydrogens is 210 g/mol. The molecule has 0 aliphatic rings. The van der Waals surface area contributed by atoms with Crippen molar-refractivity contribution in [2.24, 2.45) is 0 Å². The average molecular weight is 220 g/mol. The molecule has 0 spiro atoms. The van der Waals surface area contributed by atoms with Gasteiger partial charge in [-0.15, -0.1) is 0 Å². The van der Waals surface area contributed by atoms with E-state index in [0.29, 0.717) is 17.7 Å². The highest BCUT2D eigenvalue weighted by Crippen LogP contribution is 2.13. The lowest BCUT2D eigenvalue weighted by atomic mass is 10.0. The predicted molar refractivity (Wildman–Crippen MR) is 61.6 cm³/mol. The third-order valence-corrected chi connectivity index (χ3v) is 2.53. The maximum absolute atomic E-state index is 9.05. The Morgan fingerprint density at radius 1 is 0.882 bits per heavy atom. The van der Waals surface area contributed by atoms with Crippen LogP contribution in [0, 0.1) is 22.7 Å². The first-order valence-electron chi connectivity index (χ1n) is 5.21. The maximum atomic E-state index is 9.05. The van der Waals surface area contributed by atoms with E-state index in [2.05, 4.69) is 12.1 Å². The molecule has 0 saturated heterocycles. The fraction of sp³-hybridized carbons (Fsp3) is 0.0714. The molecule has 2 aromatic rings. The molecule has 3 heteroatoms. The Morgan fingerprint density at radius 2 is 1.47 bits per heavy atom. The number of nitrogens with zero attached hydrogens (tertiary/aromatic N) is 3. The number of pyridine rings is 1. The van der Waals surface area contributed by atoms with Gasteiger partial charge in [-0.2, -0.15) is 10.5 Å². The van der Waals surface area contributed by atoms with Gasteiger partial charge in [-0.3, -0.25) is 0 Å². The van der Waals surface area contributed by atoms with Gasteiger partial charge in [0.05, 0.1) is 28.8 Å². The Bertz CT molecular complexity index is 571. The van der Waals surface area contributed by atoms with E-state index < -0.39 is 0 Å². The van der Waals surface area contributed by atoms with E-state index in [9.17, 15) is 0 Å². The number of aromatic nitrogens is 1. The fourth-order valence-electron chi connectivity index (χ4n) is 1.69. The third-order valence-electron chi connectivity index (χ3n) is 2.53. The summed E-state index contributed by atoms with van der Waals surface area (Å²) in [5.74, 6) is 0. The predicted octanol–water partition coefficient (Wildman–Crippen LogP) is 1.77. The number of hydrogen-bond donors (Lipinski definition) is 0. The van der Waals surface area contributed by atoms with Crippen molar-refractivity contribution in [2.75, 3.05) is 0 Å². The van der Waals surface area contributed by atoms with Crippen LogP contribution in [0.5, 0.6) is 0 Å². The van der Waals surface area contributed by atoms with Crippen molar-refractivity contribution in [3.8, 4) is 12.1 Å². The normalized spacial score (nSPS) is 9.29. The molecule has 0 amide bonds. The Morgan fingerprint density at radius 3 is 2.00 bits per heavy atom. The van der Waals surface area contributed by atoms with Crippen LogP contribution in [0.1, 0.15) is 16.7 Å². The van der Waals surface area contributed by atoms with Gasteiger partial charge in [0.15, 0.2) is 18.9 Å². The highest BCUT2D eigenvalue weighted by molar-refractivity contribution is 5.47. The van der Waals surface area contributed by atoms with E-state index in [-0.39, 0.29) is 0 Å². The van der Waals surface area contributed by atoms with E-state index in [1.54, 1.807) is 18.2 Å². The van der Waals surface area contributed by atoms with Gasteiger partial charge >= 0.3 is 0 Å². The lowest BCUT2D eigenvalue weighted by Crippen LogP contribution is -2.33. The lowest BCUT2D eigenvalue weighted by molar-refractivity contribution is -0.688. The van der Waals surface area contributed by atoms with Crippen LogP contribution in [0.2, 0.25) is 0 Å². The van der Waals surface area contributed by atoms with Crippen LogP contribution in [-0.2, 0) is 6.54 Å². The minimum atomic E-state index is 0.535. The molecule has 1 aromatic heterocycles. The first kappa shape index (κ1) is 10.9. The van der Waals surface area contributed by atoms with Gasteiger partial charge < -0.3 is 0 Å². The van der Waals surface area contributed by atoms with E-state index in [0.717, 1.165) is 5.56 Å². The van der Waals surface area contributed by atoms with E-state index in [1.165, 1.54) is 0 Å². The lowest BCUT2D eigenvalue weighted by Gasteiger charge is -2.02. The number of rotatable bonds is 2. The third kappa shape index (κ3) is 2.30. The Kier molecular flexibility index (Phi) is 3.14. The zero-order valence-electron chi connectivity index (χ0n) is 9.17. The molecule has 0 saturated carbocycles. The molecule has 3 nitrogen and oxygen atoms in total. The SMILES string of the molecule is N#Cc1cccc(C#N)c1C[n+]1ccccc1. The largest absolute Gasteiger partial charge is 0.201 e. The second-order valence-electron chi connectivity index (χ2n) is 3.60. The van der Waals surface area contributed by atoms with Crippen LogP contribution in [-0.4, -0.2) is 0 Å². The molecule has 1 aromatic carbocycles. The molecule has 80 valence electrons. The molecule has 2 rings (SSSR count). The van der Waals surface area contributed by atoms with Crippen LogP contribution in [0.3, 0.4) is 0 Å². The minimum absolute atomic E-state index is 0.535. The summed E-state index contributed by atoms with van der Waals surface area (Å²) in [6, 6.07) is 15.2. The maximum Gasteiger partial charge on any atom is 0.176 e. The number of hydrogen-bond acceptors (Lipinski definition) is 2. The second-order valence-corrected chi connectivity index (χ2v) is 3.60. The number of nitriles is 2. The van der Waals surface area contributed by atoms with Crippen LogP contribution in [0.25, 0.3) is 0 Å². The Hall–Kier alpha value is -2.65. The molecule has 0 fully saturated rings. The van der Waals surface area contributed by atoms with E-state index in [4.69, 9.17) is 10.5 Å². The quantitative estimate of drug-likeness (QED) is 0.724. The van der Waals surface area contributed by atoms with Crippen LogP contribution < -0.4 is 4.57 Å². The smallest absolute Gasteiger partial charge is 0.176 e. The van der Waals surface area contributed by atoms with Crippen molar-refractivity contribution >= 4 is 0 Å². The molecule has 1 heterocycles. The summed E-state index contributed by atoms with van der Waals surface area (Å²) in [4.78, 5) is 0. The zero-order valence-corrected chi connectivity index (χ0v) is 9.17. The summed E-state index contributed by atoms with van der Waals surface area (Å²) in [5, 5.41) is 18.1. The highest BCUT2D eigenvalue weighted by atomic mass is 14.9. The van der Waals surface area contributed by atoms with Crippen LogP contribution >= 0.6 is 0 Å². The van der Waals surface area contributed by atoms with Crippen molar-refractivity contribution in [3.63, 3.8) is 0 Å². The summed E-state index contributed by atoms with van der Waals surface area (Å²) < 4.78 is 1.94. The summed E-state index contributed by atoms with van der Waals surface area (Å²) >= 11 is 0. The van der Waals surface area contributed by atoms with Crippen molar-refractivity contribution in [2.45, 2.75) is 6.54 Å². The van der Waals surface area contributed by atoms with Gasteiger partial charge in [-0.05, 0) is 12.1 Å². The van der Waals surface area contributed by atoms with E-state index >= 15 is 0 Å².